The highest BCUT2D eigenvalue weighted by molar-refractivity contribution is 5.66. The van der Waals surface area contributed by atoms with E-state index in [0.717, 1.165) is 16.9 Å². The number of hydrogen-bond donors (Lipinski definition) is 2. The van der Waals surface area contributed by atoms with Crippen molar-refractivity contribution < 1.29 is 19.4 Å². The van der Waals surface area contributed by atoms with Crippen molar-refractivity contribution in [2.75, 3.05) is 20.3 Å². The largest absolute Gasteiger partial charge is 0.485 e. The number of rotatable bonds is 8. The van der Waals surface area contributed by atoms with E-state index >= 15 is 0 Å². The Balaban J connectivity index is 2.12. The number of para-hydroxylation sites is 1. The summed E-state index contributed by atoms with van der Waals surface area (Å²) in [5, 5.41) is 11.6. The fourth-order valence-corrected chi connectivity index (χ4v) is 2.39. The fraction of sp³-hybridized carbons (Fsp3) is 0.316. The molecular formula is C19H23NO4. The number of nitrogens with one attached hydrogen (secondary N) is 1. The lowest BCUT2D eigenvalue weighted by Gasteiger charge is -2.21. The lowest BCUT2D eigenvalue weighted by molar-refractivity contribution is 0.117. The molecule has 24 heavy (non-hydrogen) atoms. The fourth-order valence-electron chi connectivity index (χ4n) is 2.39. The van der Waals surface area contributed by atoms with Crippen LogP contribution in [0.3, 0.4) is 0 Å². The third-order valence-electron chi connectivity index (χ3n) is 3.61. The zero-order chi connectivity index (χ0) is 17.2. The van der Waals surface area contributed by atoms with Crippen molar-refractivity contribution in [2.24, 2.45) is 0 Å². The first kappa shape index (κ1) is 17.8. The molecule has 0 saturated carbocycles. The zero-order valence-electron chi connectivity index (χ0n) is 13.8. The lowest BCUT2D eigenvalue weighted by atomic mass is 10.1. The minimum atomic E-state index is -0.456. The van der Waals surface area contributed by atoms with Gasteiger partial charge in [0.25, 0.3) is 0 Å². The number of aliphatic hydroxyl groups is 1. The normalized spacial score (nSPS) is 11.6. The van der Waals surface area contributed by atoms with E-state index in [1.54, 1.807) is 0 Å². The van der Waals surface area contributed by atoms with Gasteiger partial charge in [-0.2, -0.15) is 0 Å². The molecule has 1 unspecified atom stereocenters. The Morgan fingerprint density at radius 1 is 1.12 bits per heavy atom. The smallest absolute Gasteiger partial charge is 0.406 e. The van der Waals surface area contributed by atoms with Crippen LogP contribution in [-0.4, -0.2) is 31.5 Å². The molecule has 2 N–H and O–H groups in total. The van der Waals surface area contributed by atoms with Gasteiger partial charge in [-0.25, -0.2) is 4.79 Å². The first-order valence-corrected chi connectivity index (χ1v) is 7.99. The van der Waals surface area contributed by atoms with E-state index in [4.69, 9.17) is 9.47 Å². The standard InChI is InChI=1S/C19H23NO4/c1-20-19(22)23-14-12-18(15-7-3-2-4-8-15)24-17-10-6-5-9-16(17)11-13-21/h2-10,18,21H,11-14H2,1H3,(H,20,22). The van der Waals surface area contributed by atoms with E-state index in [9.17, 15) is 9.90 Å². The molecule has 2 aromatic rings. The van der Waals surface area contributed by atoms with E-state index in [0.29, 0.717) is 12.8 Å². The molecule has 0 aliphatic carbocycles. The highest BCUT2D eigenvalue weighted by Crippen LogP contribution is 2.28. The average molecular weight is 329 g/mol. The molecule has 0 aliphatic heterocycles. The van der Waals surface area contributed by atoms with Crippen molar-refractivity contribution in [1.29, 1.82) is 0 Å². The van der Waals surface area contributed by atoms with Gasteiger partial charge >= 0.3 is 6.09 Å². The first-order chi connectivity index (χ1) is 11.7. The molecule has 2 rings (SSSR count). The van der Waals surface area contributed by atoms with Gasteiger partial charge in [0.05, 0.1) is 6.61 Å². The number of benzene rings is 2. The third kappa shape index (κ3) is 5.28. The van der Waals surface area contributed by atoms with Crippen LogP contribution in [0.25, 0.3) is 0 Å². The van der Waals surface area contributed by atoms with Gasteiger partial charge in [0.15, 0.2) is 0 Å². The van der Waals surface area contributed by atoms with Gasteiger partial charge in [0.1, 0.15) is 11.9 Å². The Morgan fingerprint density at radius 2 is 1.83 bits per heavy atom. The van der Waals surface area contributed by atoms with Crippen LogP contribution < -0.4 is 10.1 Å². The Kier molecular flexibility index (Phi) is 7.11. The van der Waals surface area contributed by atoms with Crippen molar-refractivity contribution in [1.82, 2.24) is 5.32 Å². The van der Waals surface area contributed by atoms with E-state index in [2.05, 4.69) is 5.32 Å². The topological polar surface area (TPSA) is 67.8 Å². The molecule has 1 amide bonds. The van der Waals surface area contributed by atoms with Crippen LogP contribution in [0.15, 0.2) is 54.6 Å². The SMILES string of the molecule is CNC(=O)OCCC(Oc1ccccc1CCO)c1ccccc1. The van der Waals surface area contributed by atoms with Crippen LogP contribution in [0.5, 0.6) is 5.75 Å². The first-order valence-electron chi connectivity index (χ1n) is 7.99. The number of aliphatic hydroxyl groups excluding tert-OH is 1. The summed E-state index contributed by atoms with van der Waals surface area (Å²) in [7, 11) is 1.53. The molecular weight excluding hydrogens is 306 g/mol. The number of amides is 1. The van der Waals surface area contributed by atoms with Crippen LogP contribution in [0.2, 0.25) is 0 Å². The van der Waals surface area contributed by atoms with E-state index in [-0.39, 0.29) is 19.3 Å². The van der Waals surface area contributed by atoms with Gasteiger partial charge in [-0.05, 0) is 23.6 Å². The maximum Gasteiger partial charge on any atom is 0.406 e. The summed E-state index contributed by atoms with van der Waals surface area (Å²) >= 11 is 0. The van der Waals surface area contributed by atoms with Gasteiger partial charge in [-0.3, -0.25) is 0 Å². The summed E-state index contributed by atoms with van der Waals surface area (Å²) in [6, 6.07) is 17.5. The molecule has 0 aliphatic rings. The van der Waals surface area contributed by atoms with Crippen LogP contribution in [-0.2, 0) is 11.2 Å². The van der Waals surface area contributed by atoms with Gasteiger partial charge in [-0.1, -0.05) is 48.5 Å². The summed E-state index contributed by atoms with van der Waals surface area (Å²) in [4.78, 5) is 11.2. The maximum atomic E-state index is 11.2. The van der Waals surface area contributed by atoms with Crippen molar-refractivity contribution >= 4 is 6.09 Å². The Labute approximate surface area is 142 Å². The number of carbonyl (C=O) groups excluding carboxylic acids is 1. The van der Waals surface area contributed by atoms with Crippen molar-refractivity contribution in [3.8, 4) is 5.75 Å². The minimum absolute atomic E-state index is 0.0656. The summed E-state index contributed by atoms with van der Waals surface area (Å²) in [5.74, 6) is 0.736. The molecule has 5 nitrogen and oxygen atoms in total. The highest BCUT2D eigenvalue weighted by Gasteiger charge is 2.16. The maximum absolute atomic E-state index is 11.2. The molecule has 0 aromatic heterocycles. The minimum Gasteiger partial charge on any atom is -0.485 e. The monoisotopic (exact) mass is 329 g/mol. The van der Waals surface area contributed by atoms with Crippen molar-refractivity contribution in [3.05, 3.63) is 65.7 Å². The lowest BCUT2D eigenvalue weighted by Crippen LogP contribution is -2.21. The number of ether oxygens (including phenoxy) is 2. The summed E-state index contributed by atoms with van der Waals surface area (Å²) < 4.78 is 11.3. The molecule has 0 fully saturated rings. The predicted octanol–water partition coefficient (Wildman–Crippen LogP) is 3.09. The second-order valence-corrected chi connectivity index (χ2v) is 5.27. The summed E-state index contributed by atoms with van der Waals surface area (Å²) in [6.07, 6.45) is 0.371. The second-order valence-electron chi connectivity index (χ2n) is 5.27. The van der Waals surface area contributed by atoms with Gasteiger partial charge in [0, 0.05) is 20.1 Å². The van der Waals surface area contributed by atoms with Crippen LogP contribution in [0.4, 0.5) is 4.79 Å². The van der Waals surface area contributed by atoms with Crippen LogP contribution in [0, 0.1) is 0 Å². The van der Waals surface area contributed by atoms with Gasteiger partial charge in [-0.15, -0.1) is 0 Å². The molecule has 0 spiro atoms. The molecule has 5 heteroatoms. The third-order valence-corrected chi connectivity index (χ3v) is 3.61. The van der Waals surface area contributed by atoms with Gasteiger partial charge < -0.3 is 19.9 Å². The predicted molar refractivity (Wildman–Crippen MR) is 92.1 cm³/mol. The Hall–Kier alpha value is -2.53. The van der Waals surface area contributed by atoms with Crippen LogP contribution >= 0.6 is 0 Å². The number of hydrogen-bond acceptors (Lipinski definition) is 4. The van der Waals surface area contributed by atoms with E-state index in [1.165, 1.54) is 7.05 Å². The Morgan fingerprint density at radius 3 is 2.54 bits per heavy atom. The molecule has 0 bridgehead atoms. The number of alkyl carbamates (subject to hydrolysis) is 1. The molecule has 2 aromatic carbocycles. The van der Waals surface area contributed by atoms with Gasteiger partial charge in [0.2, 0.25) is 0 Å². The summed E-state index contributed by atoms with van der Waals surface area (Å²) in [5.41, 5.74) is 1.96. The summed E-state index contributed by atoms with van der Waals surface area (Å²) in [6.45, 7) is 0.317. The van der Waals surface area contributed by atoms with E-state index in [1.807, 2.05) is 54.6 Å². The molecule has 0 heterocycles. The van der Waals surface area contributed by atoms with Crippen molar-refractivity contribution in [3.63, 3.8) is 0 Å². The molecule has 0 radical (unpaired) electrons. The zero-order valence-corrected chi connectivity index (χ0v) is 13.8. The highest BCUT2D eigenvalue weighted by atomic mass is 16.5. The molecule has 0 saturated heterocycles. The second kappa shape index (κ2) is 9.57. The molecule has 128 valence electrons. The quantitative estimate of drug-likeness (QED) is 0.781. The Bertz CT molecular complexity index is 630. The number of carbonyl (C=O) groups is 1. The van der Waals surface area contributed by atoms with Crippen LogP contribution in [0.1, 0.15) is 23.7 Å². The average Bonchev–Trinajstić information content (AvgIpc) is 2.63. The molecule has 1 atom stereocenters. The van der Waals surface area contributed by atoms with Crippen molar-refractivity contribution in [2.45, 2.75) is 18.9 Å². The van der Waals surface area contributed by atoms with E-state index < -0.39 is 6.09 Å².